The van der Waals surface area contributed by atoms with E-state index in [4.69, 9.17) is 0 Å². The van der Waals surface area contributed by atoms with E-state index in [1.165, 1.54) is 6.07 Å². The van der Waals surface area contributed by atoms with E-state index in [1.54, 1.807) is 24.3 Å². The minimum Gasteiger partial charge on any atom is -0.285 e. The summed E-state index contributed by atoms with van der Waals surface area (Å²) < 4.78 is 39.6. The predicted octanol–water partition coefficient (Wildman–Crippen LogP) is 3.47. The molecule has 21 heavy (non-hydrogen) atoms. The molecule has 0 aliphatic heterocycles. The van der Waals surface area contributed by atoms with Gasteiger partial charge in [0.2, 0.25) is 0 Å². The number of halogens is 4. The minimum absolute atomic E-state index is 0.0762. The Labute approximate surface area is 124 Å². The molecule has 0 aliphatic rings. The summed E-state index contributed by atoms with van der Waals surface area (Å²) >= 11 is 3.28. The first-order valence-corrected chi connectivity index (χ1v) is 6.60. The zero-order chi connectivity index (χ0) is 15.2. The fourth-order valence-corrected chi connectivity index (χ4v) is 2.17. The normalized spacial score (nSPS) is 12.0. The third-order valence-electron chi connectivity index (χ3n) is 2.90. The third-order valence-corrected chi connectivity index (χ3v) is 3.42. The summed E-state index contributed by atoms with van der Waals surface area (Å²) in [4.78, 5) is 16.0. The van der Waals surface area contributed by atoms with E-state index >= 15 is 0 Å². The Morgan fingerprint density at radius 2 is 1.81 bits per heavy atom. The molecule has 1 aromatic carbocycles. The molecule has 0 aliphatic carbocycles. The molecule has 108 valence electrons. The first-order valence-electron chi connectivity index (χ1n) is 5.80. The summed E-state index contributed by atoms with van der Waals surface area (Å²) in [6, 6.07) is 8.96. The molecule has 0 saturated heterocycles. The lowest BCUT2D eigenvalue weighted by Crippen LogP contribution is -2.15. The van der Waals surface area contributed by atoms with Gasteiger partial charge in [-0.15, -0.1) is 0 Å². The maximum Gasteiger partial charge on any atom is 0.432 e. The van der Waals surface area contributed by atoms with Crippen molar-refractivity contribution < 1.29 is 13.2 Å². The van der Waals surface area contributed by atoms with Crippen molar-refractivity contribution in [2.75, 3.05) is 0 Å². The van der Waals surface area contributed by atoms with Gasteiger partial charge in [-0.3, -0.25) is 9.89 Å². The molecule has 0 bridgehead atoms. The van der Waals surface area contributed by atoms with Crippen molar-refractivity contribution in [2.24, 2.45) is 0 Å². The van der Waals surface area contributed by atoms with Gasteiger partial charge in [-0.25, -0.2) is 9.50 Å². The molecule has 2 heterocycles. The van der Waals surface area contributed by atoms with E-state index in [0.717, 1.165) is 15.1 Å². The van der Waals surface area contributed by atoms with Crippen LogP contribution >= 0.6 is 15.9 Å². The van der Waals surface area contributed by atoms with Gasteiger partial charge in [0, 0.05) is 22.2 Å². The van der Waals surface area contributed by atoms with E-state index in [9.17, 15) is 18.0 Å². The summed E-state index contributed by atoms with van der Waals surface area (Å²) in [6.07, 6.45) is -4.56. The van der Waals surface area contributed by atoms with Crippen LogP contribution in [0.4, 0.5) is 13.2 Å². The molecule has 8 heteroatoms. The zero-order valence-electron chi connectivity index (χ0n) is 10.3. The van der Waals surface area contributed by atoms with Crippen molar-refractivity contribution in [2.45, 2.75) is 6.18 Å². The quantitative estimate of drug-likeness (QED) is 0.724. The van der Waals surface area contributed by atoms with Gasteiger partial charge in [0.25, 0.3) is 5.56 Å². The van der Waals surface area contributed by atoms with Crippen LogP contribution in [0.2, 0.25) is 0 Å². The predicted molar refractivity (Wildman–Crippen MR) is 74.0 cm³/mol. The number of nitrogens with one attached hydrogen (secondary N) is 1. The topological polar surface area (TPSA) is 50.2 Å². The fourth-order valence-electron chi connectivity index (χ4n) is 1.90. The van der Waals surface area contributed by atoms with E-state index < -0.39 is 17.4 Å². The standard InChI is InChI=1S/C13H7BrF3N3O/c14-8-3-1-7(2-4-8)9-5-12(21)20-11(18-9)6-10(19-20)13(15,16)17/h1-6,19H. The van der Waals surface area contributed by atoms with Crippen LogP contribution in [0.15, 0.2) is 45.7 Å². The maximum absolute atomic E-state index is 12.6. The van der Waals surface area contributed by atoms with Crippen molar-refractivity contribution in [1.82, 2.24) is 14.6 Å². The SMILES string of the molecule is O=c1cc(-c2ccc(Br)cc2)nc2cc(C(F)(F)F)[nH]n12. The average Bonchev–Trinajstić information content (AvgIpc) is 2.84. The Hall–Kier alpha value is -2.09. The number of fused-ring (bicyclic) bond motifs is 1. The van der Waals surface area contributed by atoms with Crippen LogP contribution in [0.25, 0.3) is 16.9 Å². The lowest BCUT2D eigenvalue weighted by molar-refractivity contribution is -0.141. The molecule has 3 rings (SSSR count). The Kier molecular flexibility index (Phi) is 3.12. The van der Waals surface area contributed by atoms with E-state index in [2.05, 4.69) is 20.9 Å². The number of alkyl halides is 3. The molecule has 0 atom stereocenters. The van der Waals surface area contributed by atoms with Crippen LogP contribution in [-0.4, -0.2) is 14.6 Å². The van der Waals surface area contributed by atoms with Crippen molar-refractivity contribution >= 4 is 21.6 Å². The van der Waals surface area contributed by atoms with Crippen LogP contribution in [0, 0.1) is 0 Å². The van der Waals surface area contributed by atoms with Gasteiger partial charge >= 0.3 is 6.18 Å². The van der Waals surface area contributed by atoms with Crippen LogP contribution in [0.5, 0.6) is 0 Å². The third kappa shape index (κ3) is 2.58. The molecular formula is C13H7BrF3N3O. The minimum atomic E-state index is -4.56. The van der Waals surface area contributed by atoms with Crippen LogP contribution in [0.1, 0.15) is 5.69 Å². The molecule has 0 saturated carbocycles. The van der Waals surface area contributed by atoms with Gasteiger partial charge in [-0.1, -0.05) is 28.1 Å². The second kappa shape index (κ2) is 4.73. The summed E-state index contributed by atoms with van der Waals surface area (Å²) in [6.45, 7) is 0. The lowest BCUT2D eigenvalue weighted by atomic mass is 10.1. The van der Waals surface area contributed by atoms with Crippen LogP contribution < -0.4 is 5.56 Å². The van der Waals surface area contributed by atoms with Crippen molar-refractivity contribution in [3.63, 3.8) is 0 Å². The Bertz CT molecular complexity index is 865. The summed E-state index contributed by atoms with van der Waals surface area (Å²) in [5, 5.41) is 2.00. The van der Waals surface area contributed by atoms with Gasteiger partial charge in [0.1, 0.15) is 5.69 Å². The highest BCUT2D eigenvalue weighted by molar-refractivity contribution is 9.10. The van der Waals surface area contributed by atoms with Crippen molar-refractivity contribution in [3.8, 4) is 11.3 Å². The maximum atomic E-state index is 12.6. The molecule has 1 N–H and O–H groups in total. The number of rotatable bonds is 1. The molecule has 0 spiro atoms. The highest BCUT2D eigenvalue weighted by Gasteiger charge is 2.33. The number of H-pyrrole nitrogens is 1. The highest BCUT2D eigenvalue weighted by atomic mass is 79.9. The van der Waals surface area contributed by atoms with Gasteiger partial charge in [-0.2, -0.15) is 13.2 Å². The smallest absolute Gasteiger partial charge is 0.285 e. The van der Waals surface area contributed by atoms with Gasteiger partial charge in [-0.05, 0) is 12.1 Å². The van der Waals surface area contributed by atoms with Gasteiger partial charge < -0.3 is 0 Å². The van der Waals surface area contributed by atoms with E-state index in [1.807, 2.05) is 5.10 Å². The number of hydrogen-bond acceptors (Lipinski definition) is 2. The van der Waals surface area contributed by atoms with Crippen LogP contribution in [-0.2, 0) is 6.18 Å². The summed E-state index contributed by atoms with van der Waals surface area (Å²) in [5.41, 5.74) is -0.728. The number of nitrogens with zero attached hydrogens (tertiary/aromatic N) is 2. The number of aromatic nitrogens is 3. The van der Waals surface area contributed by atoms with E-state index in [0.29, 0.717) is 11.3 Å². The van der Waals surface area contributed by atoms with Crippen LogP contribution in [0.3, 0.4) is 0 Å². The lowest BCUT2D eigenvalue weighted by Gasteiger charge is -2.01. The van der Waals surface area contributed by atoms with E-state index in [-0.39, 0.29) is 5.65 Å². The molecule has 0 amide bonds. The number of hydrogen-bond donors (Lipinski definition) is 1. The molecule has 4 nitrogen and oxygen atoms in total. The highest BCUT2D eigenvalue weighted by Crippen LogP contribution is 2.28. The second-order valence-corrected chi connectivity index (χ2v) is 5.26. The Balaban J connectivity index is 2.19. The summed E-state index contributed by atoms with van der Waals surface area (Å²) in [5.74, 6) is 0. The number of benzene rings is 1. The van der Waals surface area contributed by atoms with Crippen molar-refractivity contribution in [3.05, 3.63) is 56.9 Å². The molecule has 2 aromatic heterocycles. The van der Waals surface area contributed by atoms with Crippen molar-refractivity contribution in [1.29, 1.82) is 0 Å². The molecule has 0 unspecified atom stereocenters. The first-order chi connectivity index (χ1) is 9.84. The van der Waals surface area contributed by atoms with Gasteiger partial charge in [0.15, 0.2) is 5.65 Å². The first kappa shape index (κ1) is 13.9. The second-order valence-electron chi connectivity index (χ2n) is 4.35. The Morgan fingerprint density at radius 1 is 1.14 bits per heavy atom. The monoisotopic (exact) mass is 357 g/mol. The number of aromatic amines is 1. The zero-order valence-corrected chi connectivity index (χ0v) is 11.9. The fraction of sp³-hybridized carbons (Fsp3) is 0.0769. The molecule has 0 fully saturated rings. The molecule has 0 radical (unpaired) electrons. The molecular weight excluding hydrogens is 351 g/mol. The Morgan fingerprint density at radius 3 is 2.43 bits per heavy atom. The van der Waals surface area contributed by atoms with Gasteiger partial charge in [0.05, 0.1) is 5.69 Å². The summed E-state index contributed by atoms with van der Waals surface area (Å²) in [7, 11) is 0. The molecule has 3 aromatic rings. The average molecular weight is 358 g/mol. The largest absolute Gasteiger partial charge is 0.432 e.